The Bertz CT molecular complexity index is 397. The number of esters is 1. The topological polar surface area (TPSA) is 83.8 Å². The summed E-state index contributed by atoms with van der Waals surface area (Å²) in [4.78, 5) is 21.9. The van der Waals surface area contributed by atoms with Gasteiger partial charge in [0, 0.05) is 0 Å². The molecule has 5 heteroatoms. The number of hydrogen-bond acceptors (Lipinski definition) is 4. The van der Waals surface area contributed by atoms with Crippen molar-refractivity contribution in [2.75, 3.05) is 6.61 Å². The average Bonchev–Trinajstić information content (AvgIpc) is 2.18. The SMILES string of the molecule is CCOC(=O)c1cc(C(=O)O)ccc1O. The van der Waals surface area contributed by atoms with Crippen LogP contribution in [0.15, 0.2) is 18.2 Å². The van der Waals surface area contributed by atoms with E-state index < -0.39 is 11.9 Å². The molecule has 1 aromatic rings. The van der Waals surface area contributed by atoms with Gasteiger partial charge < -0.3 is 14.9 Å². The molecule has 0 aliphatic heterocycles. The molecule has 0 radical (unpaired) electrons. The first-order valence-corrected chi connectivity index (χ1v) is 4.29. The zero-order valence-electron chi connectivity index (χ0n) is 8.06. The normalized spacial score (nSPS) is 9.67. The van der Waals surface area contributed by atoms with E-state index in [9.17, 15) is 14.7 Å². The lowest BCUT2D eigenvalue weighted by Gasteiger charge is -2.04. The van der Waals surface area contributed by atoms with Crippen LogP contribution in [0.1, 0.15) is 27.6 Å². The lowest BCUT2D eigenvalue weighted by Crippen LogP contribution is -2.07. The van der Waals surface area contributed by atoms with E-state index in [4.69, 9.17) is 5.11 Å². The Morgan fingerprint density at radius 2 is 2.07 bits per heavy atom. The van der Waals surface area contributed by atoms with Gasteiger partial charge in [0.25, 0.3) is 0 Å². The Balaban J connectivity index is 3.10. The number of benzene rings is 1. The molecule has 0 aliphatic rings. The summed E-state index contributed by atoms with van der Waals surface area (Å²) in [7, 11) is 0. The van der Waals surface area contributed by atoms with Gasteiger partial charge in [-0.2, -0.15) is 0 Å². The molecule has 15 heavy (non-hydrogen) atoms. The zero-order chi connectivity index (χ0) is 11.4. The second-order valence-corrected chi connectivity index (χ2v) is 2.76. The maximum Gasteiger partial charge on any atom is 0.341 e. The van der Waals surface area contributed by atoms with Crippen molar-refractivity contribution in [3.8, 4) is 5.75 Å². The van der Waals surface area contributed by atoms with Gasteiger partial charge in [-0.25, -0.2) is 9.59 Å². The van der Waals surface area contributed by atoms with Crippen LogP contribution in [0.2, 0.25) is 0 Å². The van der Waals surface area contributed by atoms with E-state index in [1.54, 1.807) is 6.92 Å². The number of carboxylic acids is 1. The highest BCUT2D eigenvalue weighted by Crippen LogP contribution is 2.19. The standard InChI is InChI=1S/C10H10O5/c1-2-15-10(14)7-5-6(9(12)13)3-4-8(7)11/h3-5,11H,2H2,1H3,(H,12,13). The van der Waals surface area contributed by atoms with Crippen LogP contribution in [0.4, 0.5) is 0 Å². The summed E-state index contributed by atoms with van der Waals surface area (Å²) in [5, 5.41) is 18.0. The minimum Gasteiger partial charge on any atom is -0.507 e. The molecule has 0 atom stereocenters. The maximum absolute atomic E-state index is 11.3. The fraction of sp³-hybridized carbons (Fsp3) is 0.200. The number of carbonyl (C=O) groups is 2. The predicted molar refractivity (Wildman–Crippen MR) is 51.0 cm³/mol. The molecule has 0 fully saturated rings. The number of carbonyl (C=O) groups excluding carboxylic acids is 1. The monoisotopic (exact) mass is 210 g/mol. The van der Waals surface area contributed by atoms with Crippen LogP contribution >= 0.6 is 0 Å². The molecule has 0 aliphatic carbocycles. The summed E-state index contributed by atoms with van der Waals surface area (Å²) in [5.41, 5.74) is -0.215. The highest BCUT2D eigenvalue weighted by atomic mass is 16.5. The second-order valence-electron chi connectivity index (χ2n) is 2.76. The van der Waals surface area contributed by atoms with Crippen LogP contribution < -0.4 is 0 Å². The van der Waals surface area contributed by atoms with E-state index in [0.29, 0.717) is 0 Å². The number of aromatic carboxylic acids is 1. The lowest BCUT2D eigenvalue weighted by molar-refractivity contribution is 0.0523. The Hall–Kier alpha value is -2.04. The Labute approximate surface area is 85.9 Å². The van der Waals surface area contributed by atoms with E-state index in [2.05, 4.69) is 4.74 Å². The molecule has 0 saturated carbocycles. The van der Waals surface area contributed by atoms with Crippen LogP contribution in [-0.4, -0.2) is 28.8 Å². The van der Waals surface area contributed by atoms with E-state index >= 15 is 0 Å². The van der Waals surface area contributed by atoms with Crippen molar-refractivity contribution >= 4 is 11.9 Å². The van der Waals surface area contributed by atoms with Crippen molar-refractivity contribution in [1.29, 1.82) is 0 Å². The molecule has 0 saturated heterocycles. The first-order chi connectivity index (χ1) is 7.06. The number of carboxylic acid groups (broad SMARTS) is 1. The van der Waals surface area contributed by atoms with Crippen molar-refractivity contribution in [3.05, 3.63) is 29.3 Å². The molecule has 1 aromatic carbocycles. The number of ether oxygens (including phenoxy) is 1. The van der Waals surface area contributed by atoms with E-state index in [1.807, 2.05) is 0 Å². The highest BCUT2D eigenvalue weighted by Gasteiger charge is 2.15. The first kappa shape index (κ1) is 11.0. The number of aromatic hydroxyl groups is 1. The van der Waals surface area contributed by atoms with Gasteiger partial charge >= 0.3 is 11.9 Å². The van der Waals surface area contributed by atoms with Crippen LogP contribution in [0.5, 0.6) is 5.75 Å². The third-order valence-corrected chi connectivity index (χ3v) is 1.74. The Morgan fingerprint density at radius 1 is 1.40 bits per heavy atom. The van der Waals surface area contributed by atoms with Crippen LogP contribution in [0.25, 0.3) is 0 Å². The van der Waals surface area contributed by atoms with Gasteiger partial charge in [-0.1, -0.05) is 0 Å². The fourth-order valence-corrected chi connectivity index (χ4v) is 1.04. The summed E-state index contributed by atoms with van der Waals surface area (Å²) in [6.07, 6.45) is 0. The minimum absolute atomic E-state index is 0.0733. The van der Waals surface area contributed by atoms with Gasteiger partial charge in [-0.3, -0.25) is 0 Å². The smallest absolute Gasteiger partial charge is 0.341 e. The molecule has 0 spiro atoms. The molecular weight excluding hydrogens is 200 g/mol. The molecule has 0 unspecified atom stereocenters. The van der Waals surface area contributed by atoms with E-state index in [0.717, 1.165) is 12.1 Å². The van der Waals surface area contributed by atoms with Gasteiger partial charge in [-0.15, -0.1) is 0 Å². The van der Waals surface area contributed by atoms with Crippen LogP contribution in [0, 0.1) is 0 Å². The second kappa shape index (κ2) is 4.45. The van der Waals surface area contributed by atoms with Gasteiger partial charge in [0.2, 0.25) is 0 Å². The largest absolute Gasteiger partial charge is 0.507 e. The van der Waals surface area contributed by atoms with Crippen LogP contribution in [0.3, 0.4) is 0 Å². The molecule has 0 bridgehead atoms. The predicted octanol–water partition coefficient (Wildman–Crippen LogP) is 1.27. The third-order valence-electron chi connectivity index (χ3n) is 1.74. The van der Waals surface area contributed by atoms with Crippen molar-refractivity contribution in [2.24, 2.45) is 0 Å². The van der Waals surface area contributed by atoms with Crippen molar-refractivity contribution < 1.29 is 24.5 Å². The quantitative estimate of drug-likeness (QED) is 0.734. The number of hydrogen-bond donors (Lipinski definition) is 2. The van der Waals surface area contributed by atoms with E-state index in [1.165, 1.54) is 6.07 Å². The summed E-state index contributed by atoms with van der Waals surface area (Å²) in [5.74, 6) is -2.20. The van der Waals surface area contributed by atoms with Gasteiger partial charge in [0.15, 0.2) is 0 Å². The first-order valence-electron chi connectivity index (χ1n) is 4.29. The molecular formula is C10H10O5. The van der Waals surface area contributed by atoms with E-state index in [-0.39, 0.29) is 23.5 Å². The molecule has 2 N–H and O–H groups in total. The maximum atomic E-state index is 11.3. The fourth-order valence-electron chi connectivity index (χ4n) is 1.04. The zero-order valence-corrected chi connectivity index (χ0v) is 8.06. The van der Waals surface area contributed by atoms with Gasteiger partial charge in [0.1, 0.15) is 11.3 Å². The molecule has 1 rings (SSSR count). The molecule has 0 amide bonds. The van der Waals surface area contributed by atoms with Gasteiger partial charge in [0.05, 0.1) is 12.2 Å². The molecule has 0 heterocycles. The molecule has 5 nitrogen and oxygen atoms in total. The number of phenols is 1. The molecule has 0 aromatic heterocycles. The average molecular weight is 210 g/mol. The van der Waals surface area contributed by atoms with Crippen molar-refractivity contribution in [3.63, 3.8) is 0 Å². The van der Waals surface area contributed by atoms with Crippen LogP contribution in [-0.2, 0) is 4.74 Å². The Kier molecular flexibility index (Phi) is 3.28. The summed E-state index contributed by atoms with van der Waals surface area (Å²) in [6, 6.07) is 3.44. The van der Waals surface area contributed by atoms with Gasteiger partial charge in [-0.05, 0) is 25.1 Å². The summed E-state index contributed by atoms with van der Waals surface area (Å²) in [6.45, 7) is 1.78. The minimum atomic E-state index is -1.17. The number of rotatable bonds is 3. The summed E-state index contributed by atoms with van der Waals surface area (Å²) < 4.78 is 4.65. The van der Waals surface area contributed by atoms with Crippen molar-refractivity contribution in [1.82, 2.24) is 0 Å². The number of phenolic OH excluding ortho intramolecular Hbond substituents is 1. The molecule has 80 valence electrons. The summed E-state index contributed by atoms with van der Waals surface area (Å²) >= 11 is 0. The highest BCUT2D eigenvalue weighted by molar-refractivity contribution is 5.96. The third kappa shape index (κ3) is 2.46. The Morgan fingerprint density at radius 3 is 2.60 bits per heavy atom. The van der Waals surface area contributed by atoms with Crippen molar-refractivity contribution in [2.45, 2.75) is 6.92 Å². The lowest BCUT2D eigenvalue weighted by atomic mass is 10.1.